The predicted molar refractivity (Wildman–Crippen MR) is 70.6 cm³/mol. The molecule has 0 fully saturated rings. The molecule has 0 aliphatic carbocycles. The van der Waals surface area contributed by atoms with E-state index in [2.05, 4.69) is 5.32 Å². The fourth-order valence-electron chi connectivity index (χ4n) is 1.66. The largest absolute Gasteiger partial charge is 0.454 e. The van der Waals surface area contributed by atoms with E-state index in [0.29, 0.717) is 17.9 Å². The summed E-state index contributed by atoms with van der Waals surface area (Å²) in [6, 6.07) is 8.55. The maximum absolute atomic E-state index is 13.7. The molecule has 0 aromatic heterocycles. The van der Waals surface area contributed by atoms with Gasteiger partial charge < -0.3 is 10.1 Å². The zero-order chi connectivity index (χ0) is 13.8. The molecule has 0 unspecified atom stereocenters. The first kappa shape index (κ1) is 13.8. The van der Waals surface area contributed by atoms with Crippen LogP contribution in [0.5, 0.6) is 11.5 Å². The minimum atomic E-state index is -0.635. The summed E-state index contributed by atoms with van der Waals surface area (Å²) in [5.74, 6) is -0.610. The third kappa shape index (κ3) is 3.22. The first-order valence-electron chi connectivity index (χ1n) is 5.66. The van der Waals surface area contributed by atoms with Crippen molar-refractivity contribution in [2.45, 2.75) is 6.54 Å². The van der Waals surface area contributed by atoms with Crippen molar-refractivity contribution in [3.05, 3.63) is 58.6 Å². The summed E-state index contributed by atoms with van der Waals surface area (Å²) >= 11 is 5.68. The van der Waals surface area contributed by atoms with Gasteiger partial charge in [-0.05, 0) is 37.4 Å². The minimum Gasteiger partial charge on any atom is -0.454 e. The molecule has 5 heteroatoms. The number of rotatable bonds is 4. The molecular formula is C14H12ClF2NO. The Morgan fingerprint density at radius 2 is 1.95 bits per heavy atom. The Morgan fingerprint density at radius 3 is 2.68 bits per heavy atom. The highest BCUT2D eigenvalue weighted by Gasteiger charge is 2.11. The Kier molecular flexibility index (Phi) is 4.35. The lowest BCUT2D eigenvalue weighted by Gasteiger charge is -2.12. The van der Waals surface area contributed by atoms with Crippen LogP contribution in [0, 0.1) is 11.6 Å². The zero-order valence-electron chi connectivity index (χ0n) is 10.2. The number of halogens is 3. The minimum absolute atomic E-state index is 0.0106. The molecule has 2 rings (SSSR count). The van der Waals surface area contributed by atoms with Gasteiger partial charge in [0.15, 0.2) is 11.6 Å². The number of hydrogen-bond acceptors (Lipinski definition) is 2. The van der Waals surface area contributed by atoms with E-state index in [1.807, 2.05) is 0 Å². The second-order valence-corrected chi connectivity index (χ2v) is 4.34. The molecule has 0 saturated carbocycles. The average Bonchev–Trinajstić information content (AvgIpc) is 2.38. The molecule has 0 atom stereocenters. The van der Waals surface area contributed by atoms with E-state index in [-0.39, 0.29) is 16.6 Å². The standard InChI is InChI=1S/C14H12ClF2NO/c1-18-8-9-7-10(16)5-6-12(9)19-13-4-2-3-11(15)14(13)17/h2-7,18H,8H2,1H3. The number of nitrogens with one attached hydrogen (secondary N) is 1. The van der Waals surface area contributed by atoms with Gasteiger partial charge in [0, 0.05) is 12.1 Å². The van der Waals surface area contributed by atoms with Gasteiger partial charge in [0.25, 0.3) is 0 Å². The van der Waals surface area contributed by atoms with Gasteiger partial charge in [-0.25, -0.2) is 8.78 Å². The molecule has 19 heavy (non-hydrogen) atoms. The van der Waals surface area contributed by atoms with Crippen molar-refractivity contribution in [2.24, 2.45) is 0 Å². The predicted octanol–water partition coefficient (Wildman–Crippen LogP) is 4.13. The fraction of sp³-hybridized carbons (Fsp3) is 0.143. The van der Waals surface area contributed by atoms with Crippen molar-refractivity contribution in [2.75, 3.05) is 7.05 Å². The second-order valence-electron chi connectivity index (χ2n) is 3.94. The molecule has 0 bridgehead atoms. The molecule has 2 nitrogen and oxygen atoms in total. The topological polar surface area (TPSA) is 21.3 Å². The third-order valence-electron chi connectivity index (χ3n) is 2.53. The Morgan fingerprint density at radius 1 is 1.16 bits per heavy atom. The molecule has 0 aliphatic heterocycles. The van der Waals surface area contributed by atoms with Crippen molar-refractivity contribution in [3.8, 4) is 11.5 Å². The quantitative estimate of drug-likeness (QED) is 0.911. The second kappa shape index (κ2) is 5.99. The van der Waals surface area contributed by atoms with E-state index >= 15 is 0 Å². The Balaban J connectivity index is 2.35. The van der Waals surface area contributed by atoms with Gasteiger partial charge in [-0.1, -0.05) is 17.7 Å². The number of hydrogen-bond donors (Lipinski definition) is 1. The van der Waals surface area contributed by atoms with Crippen LogP contribution < -0.4 is 10.1 Å². The number of ether oxygens (including phenoxy) is 1. The fourth-order valence-corrected chi connectivity index (χ4v) is 1.82. The van der Waals surface area contributed by atoms with Crippen molar-refractivity contribution in [1.82, 2.24) is 5.32 Å². The summed E-state index contributed by atoms with van der Waals surface area (Å²) in [5.41, 5.74) is 0.599. The highest BCUT2D eigenvalue weighted by molar-refractivity contribution is 6.30. The van der Waals surface area contributed by atoms with Gasteiger partial charge in [0.2, 0.25) is 0 Å². The molecule has 2 aromatic carbocycles. The lowest BCUT2D eigenvalue weighted by Crippen LogP contribution is -2.07. The summed E-state index contributed by atoms with van der Waals surface area (Å²) in [6.07, 6.45) is 0. The van der Waals surface area contributed by atoms with Crippen LogP contribution in [-0.4, -0.2) is 7.05 Å². The molecule has 2 aromatic rings. The van der Waals surface area contributed by atoms with Crippen LogP contribution in [-0.2, 0) is 6.54 Å². The van der Waals surface area contributed by atoms with Crippen molar-refractivity contribution in [3.63, 3.8) is 0 Å². The monoisotopic (exact) mass is 283 g/mol. The van der Waals surface area contributed by atoms with Crippen LogP contribution >= 0.6 is 11.6 Å². The Labute approximate surface area is 115 Å². The maximum Gasteiger partial charge on any atom is 0.184 e. The summed E-state index contributed by atoms with van der Waals surface area (Å²) in [4.78, 5) is 0. The van der Waals surface area contributed by atoms with Crippen molar-refractivity contribution in [1.29, 1.82) is 0 Å². The summed E-state index contributed by atoms with van der Waals surface area (Å²) in [5, 5.41) is 2.88. The number of benzene rings is 2. The average molecular weight is 284 g/mol. The first-order valence-corrected chi connectivity index (χ1v) is 6.04. The van der Waals surface area contributed by atoms with E-state index in [1.165, 1.54) is 30.3 Å². The molecule has 1 N–H and O–H groups in total. The van der Waals surface area contributed by atoms with Gasteiger partial charge >= 0.3 is 0 Å². The molecule has 100 valence electrons. The van der Waals surface area contributed by atoms with Gasteiger partial charge in [0.1, 0.15) is 11.6 Å². The van der Waals surface area contributed by atoms with E-state index in [0.717, 1.165) is 0 Å². The smallest absolute Gasteiger partial charge is 0.184 e. The SMILES string of the molecule is CNCc1cc(F)ccc1Oc1cccc(Cl)c1F. The van der Waals surface area contributed by atoms with Crippen LogP contribution in [0.15, 0.2) is 36.4 Å². The molecule has 0 amide bonds. The lowest BCUT2D eigenvalue weighted by molar-refractivity contribution is 0.435. The lowest BCUT2D eigenvalue weighted by atomic mass is 10.2. The van der Waals surface area contributed by atoms with Gasteiger partial charge in [-0.3, -0.25) is 0 Å². The van der Waals surface area contributed by atoms with E-state index < -0.39 is 5.82 Å². The normalized spacial score (nSPS) is 10.5. The summed E-state index contributed by atoms with van der Waals surface area (Å²) in [7, 11) is 1.73. The molecule has 0 saturated heterocycles. The van der Waals surface area contributed by atoms with Crippen LogP contribution in [0.4, 0.5) is 8.78 Å². The first-order chi connectivity index (χ1) is 9.11. The molecule has 0 radical (unpaired) electrons. The summed E-state index contributed by atoms with van der Waals surface area (Å²) in [6.45, 7) is 0.412. The summed E-state index contributed by atoms with van der Waals surface area (Å²) < 4.78 is 32.4. The highest BCUT2D eigenvalue weighted by atomic mass is 35.5. The van der Waals surface area contributed by atoms with Gasteiger partial charge in [-0.15, -0.1) is 0 Å². The molecule has 0 aliphatic rings. The maximum atomic E-state index is 13.7. The van der Waals surface area contributed by atoms with E-state index in [1.54, 1.807) is 13.1 Å². The Hall–Kier alpha value is -1.65. The zero-order valence-corrected chi connectivity index (χ0v) is 11.0. The van der Waals surface area contributed by atoms with Crippen LogP contribution in [0.2, 0.25) is 5.02 Å². The molecule has 0 heterocycles. The van der Waals surface area contributed by atoms with Crippen molar-refractivity contribution < 1.29 is 13.5 Å². The molecule has 0 spiro atoms. The van der Waals surface area contributed by atoms with Gasteiger partial charge in [-0.2, -0.15) is 0 Å². The van der Waals surface area contributed by atoms with Gasteiger partial charge in [0.05, 0.1) is 5.02 Å². The highest BCUT2D eigenvalue weighted by Crippen LogP contribution is 2.31. The van der Waals surface area contributed by atoms with E-state index in [9.17, 15) is 8.78 Å². The van der Waals surface area contributed by atoms with Crippen LogP contribution in [0.3, 0.4) is 0 Å². The molecular weight excluding hydrogens is 272 g/mol. The third-order valence-corrected chi connectivity index (χ3v) is 2.82. The van der Waals surface area contributed by atoms with Crippen LogP contribution in [0.1, 0.15) is 5.56 Å². The van der Waals surface area contributed by atoms with Crippen molar-refractivity contribution >= 4 is 11.6 Å². The van der Waals surface area contributed by atoms with E-state index in [4.69, 9.17) is 16.3 Å². The van der Waals surface area contributed by atoms with Crippen LogP contribution in [0.25, 0.3) is 0 Å². The Bertz CT molecular complexity index is 590.